The van der Waals surface area contributed by atoms with Crippen LogP contribution in [0.1, 0.15) is 35.2 Å². The minimum atomic E-state index is -0.676. The van der Waals surface area contributed by atoms with Crippen LogP contribution in [0.15, 0.2) is 18.2 Å². The van der Waals surface area contributed by atoms with Gasteiger partial charge >= 0.3 is 0 Å². The van der Waals surface area contributed by atoms with Gasteiger partial charge in [0.15, 0.2) is 0 Å². The number of carbonyl (C=O) groups excluding carboxylic acids is 4. The average molecular weight is 546 g/mol. The number of ether oxygens (including phenoxy) is 5. The number of benzene rings is 1. The minimum absolute atomic E-state index is 0.162. The maximum atomic E-state index is 12.8. The van der Waals surface area contributed by atoms with Crippen LogP contribution < -0.4 is 10.6 Å². The fourth-order valence-electron chi connectivity index (χ4n) is 4.05. The van der Waals surface area contributed by atoms with Crippen LogP contribution in [0.25, 0.3) is 0 Å². The van der Waals surface area contributed by atoms with Gasteiger partial charge in [-0.15, -0.1) is 6.42 Å². The normalized spacial score (nSPS) is 16.6. The Kier molecular flexibility index (Phi) is 12.8. The molecule has 2 N–H and O–H groups in total. The summed E-state index contributed by atoms with van der Waals surface area (Å²) in [6.07, 6.45) is 5.73. The number of nitrogens with one attached hydrogen (secondary N) is 2. The van der Waals surface area contributed by atoms with Gasteiger partial charge in [0.1, 0.15) is 12.6 Å². The van der Waals surface area contributed by atoms with Gasteiger partial charge in [-0.2, -0.15) is 0 Å². The highest BCUT2D eigenvalue weighted by molar-refractivity contribution is 6.05. The van der Waals surface area contributed by atoms with Crippen molar-refractivity contribution in [2.24, 2.45) is 0 Å². The molecule has 2 aliphatic rings. The van der Waals surface area contributed by atoms with E-state index in [1.165, 1.54) is 4.90 Å². The first-order valence-corrected chi connectivity index (χ1v) is 12.9. The van der Waals surface area contributed by atoms with Gasteiger partial charge < -0.3 is 33.9 Å². The van der Waals surface area contributed by atoms with Crippen LogP contribution in [0.3, 0.4) is 0 Å². The lowest BCUT2D eigenvalue weighted by molar-refractivity contribution is -0.137. The van der Waals surface area contributed by atoms with Crippen molar-refractivity contribution >= 4 is 29.3 Å². The first kappa shape index (κ1) is 30.2. The molecular weight excluding hydrogens is 510 g/mol. The number of anilines is 1. The number of hydrogen-bond donors (Lipinski definition) is 2. The summed E-state index contributed by atoms with van der Waals surface area (Å²) in [6, 6.07) is 4.35. The molecule has 0 aliphatic carbocycles. The molecule has 1 aromatic rings. The third-order valence-corrected chi connectivity index (χ3v) is 5.95. The van der Waals surface area contributed by atoms with Crippen LogP contribution >= 0.6 is 0 Å². The predicted molar refractivity (Wildman–Crippen MR) is 139 cm³/mol. The second-order valence-electron chi connectivity index (χ2n) is 8.78. The molecule has 212 valence electrons. The van der Waals surface area contributed by atoms with Gasteiger partial charge in [0.05, 0.1) is 65.9 Å². The summed E-state index contributed by atoms with van der Waals surface area (Å²) in [4.78, 5) is 50.1. The second kappa shape index (κ2) is 16.6. The molecule has 1 saturated heterocycles. The van der Waals surface area contributed by atoms with Gasteiger partial charge in [0.25, 0.3) is 5.91 Å². The number of nitrogens with zero attached hydrogens (tertiary/aromatic N) is 1. The van der Waals surface area contributed by atoms with Crippen LogP contribution in [0, 0.1) is 12.3 Å². The lowest BCUT2D eigenvalue weighted by atomic mass is 10.0. The Labute approximate surface area is 227 Å². The summed E-state index contributed by atoms with van der Waals surface area (Å²) < 4.78 is 26.7. The maximum Gasteiger partial charge on any atom is 0.255 e. The molecule has 1 atom stereocenters. The number of imide groups is 1. The molecule has 2 aliphatic heterocycles. The average Bonchev–Trinajstić information content (AvgIpc) is 3.23. The minimum Gasteiger partial charge on any atom is -0.379 e. The zero-order valence-corrected chi connectivity index (χ0v) is 21.9. The molecule has 12 heteroatoms. The molecule has 2 heterocycles. The molecule has 0 spiro atoms. The summed E-state index contributed by atoms with van der Waals surface area (Å²) in [5.41, 5.74) is 1.77. The number of amides is 4. The van der Waals surface area contributed by atoms with E-state index in [-0.39, 0.29) is 50.3 Å². The molecule has 0 aromatic heterocycles. The van der Waals surface area contributed by atoms with E-state index < -0.39 is 11.9 Å². The number of terminal acetylenes is 1. The zero-order chi connectivity index (χ0) is 27.9. The molecule has 39 heavy (non-hydrogen) atoms. The van der Waals surface area contributed by atoms with Crippen molar-refractivity contribution in [3.05, 3.63) is 29.3 Å². The Morgan fingerprint density at radius 1 is 0.949 bits per heavy atom. The molecule has 3 rings (SSSR count). The third kappa shape index (κ3) is 10.0. The van der Waals surface area contributed by atoms with Gasteiger partial charge in [0.2, 0.25) is 17.7 Å². The van der Waals surface area contributed by atoms with Gasteiger partial charge in [-0.3, -0.25) is 24.5 Å². The van der Waals surface area contributed by atoms with Crippen LogP contribution in [-0.4, -0.2) is 101 Å². The van der Waals surface area contributed by atoms with E-state index in [2.05, 4.69) is 16.6 Å². The largest absolute Gasteiger partial charge is 0.379 e. The van der Waals surface area contributed by atoms with Crippen molar-refractivity contribution in [1.29, 1.82) is 0 Å². The quantitative estimate of drug-likeness (QED) is 0.153. The first-order valence-electron chi connectivity index (χ1n) is 12.9. The Hall–Kier alpha value is -3.34. The van der Waals surface area contributed by atoms with E-state index in [0.717, 1.165) is 5.56 Å². The summed E-state index contributed by atoms with van der Waals surface area (Å²) in [5, 5.41) is 5.08. The molecular formula is C27H35N3O9. The summed E-state index contributed by atoms with van der Waals surface area (Å²) >= 11 is 0. The summed E-state index contributed by atoms with van der Waals surface area (Å²) in [5.74, 6) is 1.11. The van der Waals surface area contributed by atoms with Crippen LogP contribution in [-0.2, 0) is 44.6 Å². The Bertz CT molecular complexity index is 1040. The van der Waals surface area contributed by atoms with E-state index >= 15 is 0 Å². The number of hydrogen-bond acceptors (Lipinski definition) is 9. The molecule has 12 nitrogen and oxygen atoms in total. The van der Waals surface area contributed by atoms with Crippen molar-refractivity contribution in [3.63, 3.8) is 0 Å². The summed E-state index contributed by atoms with van der Waals surface area (Å²) in [7, 11) is 0. The molecule has 0 saturated carbocycles. The van der Waals surface area contributed by atoms with Crippen molar-refractivity contribution in [1.82, 2.24) is 10.2 Å². The number of piperidine rings is 1. The van der Waals surface area contributed by atoms with E-state index in [1.54, 1.807) is 18.2 Å². The van der Waals surface area contributed by atoms with Crippen LogP contribution in [0.5, 0.6) is 0 Å². The Morgan fingerprint density at radius 3 is 2.18 bits per heavy atom. The first-order chi connectivity index (χ1) is 19.0. The zero-order valence-electron chi connectivity index (χ0n) is 21.9. The van der Waals surface area contributed by atoms with Gasteiger partial charge in [-0.25, -0.2) is 0 Å². The number of fused-ring (bicyclic) bond motifs is 1. The van der Waals surface area contributed by atoms with Crippen molar-refractivity contribution in [3.8, 4) is 12.3 Å². The third-order valence-electron chi connectivity index (χ3n) is 5.95. The van der Waals surface area contributed by atoms with Crippen LogP contribution in [0.4, 0.5) is 5.69 Å². The highest BCUT2D eigenvalue weighted by atomic mass is 16.6. The van der Waals surface area contributed by atoms with Crippen molar-refractivity contribution < 1.29 is 42.9 Å². The number of rotatable bonds is 18. The lowest BCUT2D eigenvalue weighted by Gasteiger charge is -2.29. The fourth-order valence-corrected chi connectivity index (χ4v) is 4.05. The topological polar surface area (TPSA) is 142 Å². The SMILES string of the molecule is C#CCOCCOCCOCCOCCOCCC(=O)Nc1ccc2c(c1)CN(C1CCC(=O)NC1=O)C2=O. The smallest absolute Gasteiger partial charge is 0.255 e. The van der Waals surface area contributed by atoms with Crippen LogP contribution in [0.2, 0.25) is 0 Å². The van der Waals surface area contributed by atoms with E-state index in [9.17, 15) is 19.2 Å². The van der Waals surface area contributed by atoms with Gasteiger partial charge in [0, 0.05) is 24.2 Å². The highest BCUT2D eigenvalue weighted by Crippen LogP contribution is 2.29. The van der Waals surface area contributed by atoms with Crippen molar-refractivity contribution in [2.45, 2.75) is 31.8 Å². The Balaban J connectivity index is 1.21. The highest BCUT2D eigenvalue weighted by Gasteiger charge is 2.39. The monoisotopic (exact) mass is 545 g/mol. The molecule has 1 aromatic carbocycles. The lowest BCUT2D eigenvalue weighted by Crippen LogP contribution is -2.52. The van der Waals surface area contributed by atoms with E-state index in [0.29, 0.717) is 70.5 Å². The Morgan fingerprint density at radius 2 is 1.56 bits per heavy atom. The second-order valence-corrected chi connectivity index (χ2v) is 8.78. The number of carbonyl (C=O) groups is 4. The van der Waals surface area contributed by atoms with Gasteiger partial charge in [-0.05, 0) is 30.2 Å². The molecule has 1 unspecified atom stereocenters. The molecule has 0 radical (unpaired) electrons. The van der Waals surface area contributed by atoms with Gasteiger partial charge in [-0.1, -0.05) is 5.92 Å². The van der Waals surface area contributed by atoms with E-state index in [4.69, 9.17) is 30.1 Å². The molecule has 4 amide bonds. The fraction of sp³-hybridized carbons (Fsp3) is 0.556. The molecule has 0 bridgehead atoms. The summed E-state index contributed by atoms with van der Waals surface area (Å²) in [6.45, 7) is 4.22. The van der Waals surface area contributed by atoms with Crippen molar-refractivity contribution in [2.75, 3.05) is 71.4 Å². The van der Waals surface area contributed by atoms with E-state index in [1.807, 2.05) is 0 Å². The standard InChI is InChI=1S/C27H35N3O9/c1-2-8-35-10-12-37-14-16-39-17-15-38-13-11-36-9-7-25(32)28-21-3-4-22-20(18-21)19-30(27(22)34)23-5-6-24(31)29-26(23)33/h1,3-4,18,23H,5-17,19H2,(H,28,32)(H,29,31,33). The maximum absolute atomic E-state index is 12.8. The molecule has 1 fully saturated rings. The predicted octanol–water partition coefficient (Wildman–Crippen LogP) is 0.492.